The fourth-order valence-corrected chi connectivity index (χ4v) is 2.22. The molecule has 0 fully saturated rings. The fraction of sp³-hybridized carbons (Fsp3) is 0.333. The molecule has 5 heteroatoms. The molecule has 4 nitrogen and oxygen atoms in total. The van der Waals surface area contributed by atoms with Gasteiger partial charge in [-0.15, -0.1) is 0 Å². The first-order chi connectivity index (χ1) is 6.66. The monoisotopic (exact) mass is 308 g/mol. The standard InChI is InChI=1S/C9H11INO3/c1-7(14-10-2)8-5-3-4-6-9(8)11(12)13/h3-7H,1-2H3/q-1. The zero-order valence-electron chi connectivity index (χ0n) is 7.94. The second-order valence-corrected chi connectivity index (χ2v) is 4.09. The van der Waals surface area contributed by atoms with Crippen LogP contribution in [0.5, 0.6) is 0 Å². The molecule has 1 aromatic carbocycles. The Morgan fingerprint density at radius 3 is 2.71 bits per heavy atom. The van der Waals surface area contributed by atoms with Gasteiger partial charge in [0.2, 0.25) is 0 Å². The Bertz CT molecular complexity index is 330. The van der Waals surface area contributed by atoms with Crippen molar-refractivity contribution in [2.75, 3.05) is 4.93 Å². The maximum atomic E-state index is 10.7. The number of halogens is 1. The number of nitro groups is 1. The van der Waals surface area contributed by atoms with Crippen molar-refractivity contribution in [1.82, 2.24) is 0 Å². The quantitative estimate of drug-likeness (QED) is 0.320. The van der Waals surface area contributed by atoms with Crippen molar-refractivity contribution in [3.63, 3.8) is 0 Å². The summed E-state index contributed by atoms with van der Waals surface area (Å²) in [6.45, 7) is 1.84. The first kappa shape index (κ1) is 11.4. The molecule has 14 heavy (non-hydrogen) atoms. The molecule has 1 atom stereocenters. The van der Waals surface area contributed by atoms with Gasteiger partial charge in [-0.3, -0.25) is 0 Å². The topological polar surface area (TPSA) is 52.4 Å². The molecule has 78 valence electrons. The maximum absolute atomic E-state index is 10.7. The van der Waals surface area contributed by atoms with Crippen molar-refractivity contribution in [2.45, 2.75) is 13.0 Å². The van der Waals surface area contributed by atoms with Crippen molar-refractivity contribution < 1.29 is 29.6 Å². The third kappa shape index (κ3) is 2.65. The second kappa shape index (κ2) is 5.26. The summed E-state index contributed by atoms with van der Waals surface area (Å²) in [4.78, 5) is 12.3. The Hall–Kier alpha value is -0.690. The third-order valence-corrected chi connectivity index (χ3v) is 3.07. The molecule has 0 aliphatic rings. The van der Waals surface area contributed by atoms with Crippen molar-refractivity contribution in [3.8, 4) is 0 Å². The van der Waals surface area contributed by atoms with Crippen LogP contribution >= 0.6 is 0 Å². The van der Waals surface area contributed by atoms with Crippen LogP contribution in [0.4, 0.5) is 5.69 Å². The molecule has 1 rings (SSSR count). The van der Waals surface area contributed by atoms with E-state index in [2.05, 4.69) is 0 Å². The zero-order valence-corrected chi connectivity index (χ0v) is 10.1. The van der Waals surface area contributed by atoms with E-state index < -0.39 is 0 Å². The van der Waals surface area contributed by atoms with E-state index in [0.29, 0.717) is 5.56 Å². The number of nitro benzene ring substituents is 1. The van der Waals surface area contributed by atoms with Gasteiger partial charge < -0.3 is 0 Å². The summed E-state index contributed by atoms with van der Waals surface area (Å²) in [5.74, 6) is 0. The van der Waals surface area contributed by atoms with Gasteiger partial charge >= 0.3 is 93.2 Å². The summed E-state index contributed by atoms with van der Waals surface area (Å²) in [5.41, 5.74) is 0.788. The number of hydrogen-bond acceptors (Lipinski definition) is 3. The number of nitrogens with zero attached hydrogens (tertiary/aromatic N) is 1. The van der Waals surface area contributed by atoms with Crippen LogP contribution in [0.15, 0.2) is 24.3 Å². The SMILES string of the molecule is C[I-]OC(C)c1ccccc1[N+](=O)[O-]. The average Bonchev–Trinajstić information content (AvgIpc) is 2.18. The molecule has 0 aromatic heterocycles. The zero-order chi connectivity index (χ0) is 10.6. The van der Waals surface area contributed by atoms with E-state index in [4.69, 9.17) is 3.07 Å². The average molecular weight is 308 g/mol. The van der Waals surface area contributed by atoms with Gasteiger partial charge in [0.1, 0.15) is 0 Å². The van der Waals surface area contributed by atoms with E-state index in [9.17, 15) is 10.1 Å². The summed E-state index contributed by atoms with van der Waals surface area (Å²) >= 11 is -0.314. The van der Waals surface area contributed by atoms with Crippen molar-refractivity contribution in [2.24, 2.45) is 0 Å². The summed E-state index contributed by atoms with van der Waals surface area (Å²) < 4.78 is 5.42. The van der Waals surface area contributed by atoms with Crippen molar-refractivity contribution in [1.29, 1.82) is 0 Å². The summed E-state index contributed by atoms with van der Waals surface area (Å²) in [6, 6.07) is 6.69. The molecule has 0 aliphatic heterocycles. The van der Waals surface area contributed by atoms with Crippen LogP contribution in [0.25, 0.3) is 0 Å². The van der Waals surface area contributed by atoms with Gasteiger partial charge in [-0.1, -0.05) is 0 Å². The Kier molecular flexibility index (Phi) is 4.27. The molecule has 0 saturated carbocycles. The number of benzene rings is 1. The molecule has 0 radical (unpaired) electrons. The van der Waals surface area contributed by atoms with E-state index >= 15 is 0 Å². The Morgan fingerprint density at radius 2 is 2.14 bits per heavy atom. The number of alkyl halides is 1. The minimum atomic E-state index is -0.372. The van der Waals surface area contributed by atoms with Crippen LogP contribution in [0.2, 0.25) is 0 Å². The van der Waals surface area contributed by atoms with Crippen LogP contribution in [0.1, 0.15) is 18.6 Å². The molecule has 0 heterocycles. The Balaban J connectivity index is 3.00. The first-order valence-corrected chi connectivity index (χ1v) is 7.09. The van der Waals surface area contributed by atoms with Crippen LogP contribution in [-0.2, 0) is 3.07 Å². The minimum absolute atomic E-state index is 0.137. The van der Waals surface area contributed by atoms with Gasteiger partial charge in [0.25, 0.3) is 0 Å². The van der Waals surface area contributed by atoms with Gasteiger partial charge in [0, 0.05) is 0 Å². The van der Waals surface area contributed by atoms with E-state index in [1.165, 1.54) is 6.07 Å². The number of hydrogen-bond donors (Lipinski definition) is 0. The van der Waals surface area contributed by atoms with Crippen molar-refractivity contribution in [3.05, 3.63) is 39.9 Å². The van der Waals surface area contributed by atoms with E-state index in [0.717, 1.165) is 0 Å². The normalized spacial score (nSPS) is 12.7. The molecule has 0 N–H and O–H groups in total. The van der Waals surface area contributed by atoms with Gasteiger partial charge in [-0.2, -0.15) is 0 Å². The molecule has 1 aromatic rings. The summed E-state index contributed by atoms with van der Waals surface area (Å²) in [7, 11) is 0. The predicted octanol–water partition coefficient (Wildman–Crippen LogP) is -0.694. The number of rotatable bonds is 4. The number of para-hydroxylation sites is 1. The molecule has 0 spiro atoms. The van der Waals surface area contributed by atoms with Crippen molar-refractivity contribution >= 4 is 5.69 Å². The molecule has 1 unspecified atom stereocenters. The van der Waals surface area contributed by atoms with Gasteiger partial charge in [-0.05, 0) is 0 Å². The Morgan fingerprint density at radius 1 is 1.50 bits per heavy atom. The van der Waals surface area contributed by atoms with Crippen LogP contribution < -0.4 is 21.6 Å². The molecular weight excluding hydrogens is 297 g/mol. The summed E-state index contributed by atoms with van der Waals surface area (Å²) in [6.07, 6.45) is -0.186. The van der Waals surface area contributed by atoms with Gasteiger partial charge in [-0.25, -0.2) is 0 Å². The second-order valence-electron chi connectivity index (χ2n) is 2.70. The molecule has 0 bridgehead atoms. The Labute approximate surface area is 93.2 Å². The van der Waals surface area contributed by atoms with Crippen LogP contribution in [0.3, 0.4) is 0 Å². The molecule has 0 amide bonds. The predicted molar refractivity (Wildman–Crippen MR) is 48.5 cm³/mol. The van der Waals surface area contributed by atoms with E-state index in [1.807, 2.05) is 11.9 Å². The molecule has 0 aliphatic carbocycles. The molecular formula is C9H11INO3-. The fourth-order valence-electron chi connectivity index (χ4n) is 1.18. The first-order valence-electron chi connectivity index (χ1n) is 4.05. The van der Waals surface area contributed by atoms with Gasteiger partial charge in [0.05, 0.1) is 0 Å². The van der Waals surface area contributed by atoms with Crippen LogP contribution in [0, 0.1) is 10.1 Å². The molecule has 0 saturated heterocycles. The van der Waals surface area contributed by atoms with Crippen LogP contribution in [-0.4, -0.2) is 9.85 Å². The van der Waals surface area contributed by atoms with E-state index in [1.54, 1.807) is 18.2 Å². The van der Waals surface area contributed by atoms with E-state index in [-0.39, 0.29) is 38.3 Å². The summed E-state index contributed by atoms with van der Waals surface area (Å²) in [5, 5.41) is 10.7. The van der Waals surface area contributed by atoms with Gasteiger partial charge in [0.15, 0.2) is 0 Å². The third-order valence-electron chi connectivity index (χ3n) is 1.79.